The lowest BCUT2D eigenvalue weighted by Crippen LogP contribution is -2.36. The van der Waals surface area contributed by atoms with Gasteiger partial charge in [-0.1, -0.05) is 0 Å². The van der Waals surface area contributed by atoms with Gasteiger partial charge < -0.3 is 15.3 Å². The molecule has 0 saturated heterocycles. The normalized spacial score (nSPS) is 12.9. The maximum atomic E-state index is 12.3. The molecule has 4 aromatic heterocycles. The summed E-state index contributed by atoms with van der Waals surface area (Å²) in [7, 11) is 3.00. The fourth-order valence-corrected chi connectivity index (χ4v) is 2.83. The van der Waals surface area contributed by atoms with Crippen LogP contribution in [0, 0.1) is 0 Å². The zero-order chi connectivity index (χ0) is 17.9. The van der Waals surface area contributed by atoms with Crippen LogP contribution in [0.4, 0.5) is 5.82 Å². The molecule has 25 heavy (non-hydrogen) atoms. The second-order valence-electron chi connectivity index (χ2n) is 5.79. The van der Waals surface area contributed by atoms with Gasteiger partial charge in [-0.3, -0.25) is 13.9 Å². The topological polar surface area (TPSA) is 142 Å². The van der Waals surface area contributed by atoms with E-state index in [1.54, 1.807) is 17.9 Å². The summed E-state index contributed by atoms with van der Waals surface area (Å²) >= 11 is 0. The van der Waals surface area contributed by atoms with E-state index in [1.165, 1.54) is 17.9 Å². The van der Waals surface area contributed by atoms with Gasteiger partial charge in [0.25, 0.3) is 5.56 Å². The average Bonchev–Trinajstić information content (AvgIpc) is 3.23. The van der Waals surface area contributed by atoms with Gasteiger partial charge in [-0.15, -0.1) is 0 Å². The molecule has 0 aliphatic carbocycles. The summed E-state index contributed by atoms with van der Waals surface area (Å²) in [5.74, 6) is 0.793. The van der Waals surface area contributed by atoms with Gasteiger partial charge in [0.05, 0.1) is 12.4 Å². The zero-order valence-corrected chi connectivity index (χ0v) is 13.8. The Balaban J connectivity index is 1.94. The van der Waals surface area contributed by atoms with E-state index in [2.05, 4.69) is 24.9 Å². The number of hydrogen-bond acceptors (Lipinski definition) is 7. The maximum absolute atomic E-state index is 12.3. The van der Waals surface area contributed by atoms with E-state index in [0.717, 1.165) is 4.57 Å². The minimum absolute atomic E-state index is 0.269. The predicted octanol–water partition coefficient (Wildman–Crippen LogP) is -0.708. The van der Waals surface area contributed by atoms with E-state index in [9.17, 15) is 9.59 Å². The number of anilines is 1. The standard InChI is InChI=1S/C14H15N9O2/c1-6(23-5-18-7-9(15)16-4-17-11(7)23)10-19-8-12(20-10)21(2)14(25)22(3)13(8)24/h4-6H,1-3H3,(H,19,20)(H2,15,16,17). The number of nitrogen functional groups attached to an aromatic ring is 1. The Hall–Kier alpha value is -3.50. The van der Waals surface area contributed by atoms with Crippen LogP contribution in [-0.2, 0) is 14.1 Å². The van der Waals surface area contributed by atoms with Crippen molar-refractivity contribution in [2.24, 2.45) is 14.1 Å². The summed E-state index contributed by atoms with van der Waals surface area (Å²) in [6.45, 7) is 1.87. The Morgan fingerprint density at radius 3 is 2.64 bits per heavy atom. The smallest absolute Gasteiger partial charge is 0.332 e. The SMILES string of the molecule is CC(c1nc2c([nH]1)c(=O)n(C)c(=O)n2C)n1cnc2c(N)ncnc21. The number of nitrogens with one attached hydrogen (secondary N) is 1. The molecule has 0 amide bonds. The van der Waals surface area contributed by atoms with Crippen molar-refractivity contribution in [3.8, 4) is 0 Å². The number of hydrogen-bond donors (Lipinski definition) is 2. The van der Waals surface area contributed by atoms with Gasteiger partial charge in [0, 0.05) is 14.1 Å². The third-order valence-corrected chi connectivity index (χ3v) is 4.31. The molecule has 1 atom stereocenters. The summed E-state index contributed by atoms with van der Waals surface area (Å²) in [5.41, 5.74) is 6.57. The van der Waals surface area contributed by atoms with Crippen molar-refractivity contribution in [1.82, 2.24) is 38.6 Å². The molecule has 0 aromatic carbocycles. The number of rotatable bonds is 2. The third kappa shape index (κ3) is 1.98. The van der Waals surface area contributed by atoms with Crippen molar-refractivity contribution >= 4 is 28.1 Å². The molecule has 11 nitrogen and oxygen atoms in total. The van der Waals surface area contributed by atoms with E-state index in [-0.39, 0.29) is 17.4 Å². The quantitative estimate of drug-likeness (QED) is 0.490. The van der Waals surface area contributed by atoms with Crippen LogP contribution in [-0.4, -0.2) is 38.6 Å². The Labute approximate surface area is 139 Å². The number of nitrogens with two attached hydrogens (primary N) is 1. The molecular weight excluding hydrogens is 326 g/mol. The molecule has 4 aromatic rings. The summed E-state index contributed by atoms with van der Waals surface area (Å²) in [5, 5.41) is 0. The van der Waals surface area contributed by atoms with Crippen LogP contribution in [0.3, 0.4) is 0 Å². The highest BCUT2D eigenvalue weighted by molar-refractivity contribution is 5.81. The lowest BCUT2D eigenvalue weighted by Gasteiger charge is -2.10. The first kappa shape index (κ1) is 15.1. The van der Waals surface area contributed by atoms with E-state index in [4.69, 9.17) is 5.73 Å². The number of aryl methyl sites for hydroxylation is 1. The first-order valence-corrected chi connectivity index (χ1v) is 7.48. The first-order valence-electron chi connectivity index (χ1n) is 7.48. The number of nitrogens with zero attached hydrogens (tertiary/aromatic N) is 7. The molecule has 4 rings (SSSR count). The average molecular weight is 341 g/mol. The monoisotopic (exact) mass is 341 g/mol. The maximum Gasteiger partial charge on any atom is 0.332 e. The van der Waals surface area contributed by atoms with Crippen molar-refractivity contribution in [3.63, 3.8) is 0 Å². The molecule has 0 aliphatic heterocycles. The summed E-state index contributed by atoms with van der Waals surface area (Å²) in [4.78, 5) is 44.2. The highest BCUT2D eigenvalue weighted by atomic mass is 16.2. The summed E-state index contributed by atoms with van der Waals surface area (Å²) in [6.07, 6.45) is 2.95. The Bertz CT molecular complexity index is 1240. The number of imidazole rings is 2. The van der Waals surface area contributed by atoms with Crippen molar-refractivity contribution < 1.29 is 0 Å². The van der Waals surface area contributed by atoms with Gasteiger partial charge in [0.15, 0.2) is 17.1 Å². The summed E-state index contributed by atoms with van der Waals surface area (Å²) in [6, 6.07) is -0.313. The lowest BCUT2D eigenvalue weighted by molar-refractivity contribution is 0.619. The van der Waals surface area contributed by atoms with Gasteiger partial charge in [-0.25, -0.2) is 24.7 Å². The first-order chi connectivity index (χ1) is 11.9. The van der Waals surface area contributed by atoms with Crippen LogP contribution in [0.5, 0.6) is 0 Å². The summed E-state index contributed by atoms with van der Waals surface area (Å²) < 4.78 is 4.14. The molecular formula is C14H15N9O2. The molecule has 3 N–H and O–H groups in total. The number of fused-ring (bicyclic) bond motifs is 2. The fourth-order valence-electron chi connectivity index (χ4n) is 2.83. The minimum atomic E-state index is -0.434. The van der Waals surface area contributed by atoms with Gasteiger partial charge in [-0.05, 0) is 6.92 Å². The van der Waals surface area contributed by atoms with Gasteiger partial charge in [0.1, 0.15) is 23.2 Å². The van der Waals surface area contributed by atoms with Crippen LogP contribution in [0.25, 0.3) is 22.3 Å². The Morgan fingerprint density at radius 1 is 1.12 bits per heavy atom. The molecule has 0 saturated carbocycles. The van der Waals surface area contributed by atoms with Crippen molar-refractivity contribution in [1.29, 1.82) is 0 Å². The molecule has 4 heterocycles. The fraction of sp³-hybridized carbons (Fsp3) is 0.286. The van der Waals surface area contributed by atoms with Crippen LogP contribution in [0.15, 0.2) is 22.2 Å². The second-order valence-corrected chi connectivity index (χ2v) is 5.79. The molecule has 0 radical (unpaired) electrons. The highest BCUT2D eigenvalue weighted by Crippen LogP contribution is 2.22. The van der Waals surface area contributed by atoms with Crippen molar-refractivity contribution in [2.75, 3.05) is 5.73 Å². The Morgan fingerprint density at radius 2 is 1.88 bits per heavy atom. The second kappa shape index (κ2) is 5.00. The van der Waals surface area contributed by atoms with Crippen LogP contribution >= 0.6 is 0 Å². The Kier molecular flexibility index (Phi) is 3.01. The molecule has 0 bridgehead atoms. The number of H-pyrrole nitrogens is 1. The third-order valence-electron chi connectivity index (χ3n) is 4.31. The zero-order valence-electron chi connectivity index (χ0n) is 13.8. The van der Waals surface area contributed by atoms with Crippen LogP contribution in [0.1, 0.15) is 18.8 Å². The van der Waals surface area contributed by atoms with E-state index < -0.39 is 11.2 Å². The largest absolute Gasteiger partial charge is 0.382 e. The molecule has 128 valence electrons. The van der Waals surface area contributed by atoms with Crippen LogP contribution in [0.2, 0.25) is 0 Å². The van der Waals surface area contributed by atoms with Crippen molar-refractivity contribution in [2.45, 2.75) is 13.0 Å². The number of aromatic amines is 1. The lowest BCUT2D eigenvalue weighted by atomic mass is 10.3. The highest BCUT2D eigenvalue weighted by Gasteiger charge is 2.20. The van der Waals surface area contributed by atoms with Crippen LogP contribution < -0.4 is 17.0 Å². The van der Waals surface area contributed by atoms with Crippen molar-refractivity contribution in [3.05, 3.63) is 39.3 Å². The van der Waals surface area contributed by atoms with Gasteiger partial charge in [-0.2, -0.15) is 0 Å². The molecule has 1 unspecified atom stereocenters. The molecule has 0 spiro atoms. The van der Waals surface area contributed by atoms with Gasteiger partial charge in [0.2, 0.25) is 0 Å². The predicted molar refractivity (Wildman–Crippen MR) is 90.1 cm³/mol. The minimum Gasteiger partial charge on any atom is -0.382 e. The van der Waals surface area contributed by atoms with Gasteiger partial charge >= 0.3 is 5.69 Å². The van der Waals surface area contributed by atoms with E-state index in [1.807, 2.05) is 6.92 Å². The molecule has 0 fully saturated rings. The molecule has 11 heteroatoms. The molecule has 0 aliphatic rings. The number of aromatic nitrogens is 8. The van der Waals surface area contributed by atoms with E-state index in [0.29, 0.717) is 22.6 Å². The van der Waals surface area contributed by atoms with E-state index >= 15 is 0 Å².